The Balaban J connectivity index is 1.10. The van der Waals surface area contributed by atoms with Gasteiger partial charge >= 0.3 is 5.91 Å². The van der Waals surface area contributed by atoms with Crippen molar-refractivity contribution in [2.75, 3.05) is 35.2 Å². The third kappa shape index (κ3) is 6.81. The van der Waals surface area contributed by atoms with Gasteiger partial charge < -0.3 is 20.3 Å². The summed E-state index contributed by atoms with van der Waals surface area (Å²) in [4.78, 5) is 49.7. The third-order valence-electron chi connectivity index (χ3n) is 6.54. The van der Waals surface area contributed by atoms with Crippen LogP contribution in [0.2, 0.25) is 0 Å². The maximum absolute atomic E-state index is 12.8. The van der Waals surface area contributed by atoms with E-state index in [0.717, 1.165) is 37.4 Å². The minimum Gasteiger partial charge on any atom is -0.493 e. The average Bonchev–Trinajstić information content (AvgIpc) is 3.01. The number of hydrogen-bond acceptors (Lipinski definition) is 9. The zero-order valence-corrected chi connectivity index (χ0v) is 21.6. The van der Waals surface area contributed by atoms with Crippen LogP contribution in [0.15, 0.2) is 90.5 Å². The summed E-state index contributed by atoms with van der Waals surface area (Å²) in [5.41, 5.74) is 1.88. The van der Waals surface area contributed by atoms with E-state index < -0.39 is 5.91 Å². The first-order valence-electron chi connectivity index (χ1n) is 12.8. The molecule has 11 nitrogen and oxygen atoms in total. The Hall–Kier alpha value is -5.19. The first kappa shape index (κ1) is 26.4. The SMILES string of the molecule is O=NC(=O)c1cccc(OCC2CCN(c3ccc(NC(=O)c4cc(Nc5ccccc5)ncn4)cn3)CC2)c1. The maximum atomic E-state index is 12.8. The number of anilines is 4. The van der Waals surface area contributed by atoms with E-state index in [0.29, 0.717) is 29.8 Å². The van der Waals surface area contributed by atoms with Crippen LogP contribution in [0.4, 0.5) is 23.0 Å². The van der Waals surface area contributed by atoms with Crippen molar-refractivity contribution in [3.63, 3.8) is 0 Å². The lowest BCUT2D eigenvalue weighted by atomic mass is 9.98. The molecule has 2 N–H and O–H groups in total. The molecule has 0 spiro atoms. The molecule has 202 valence electrons. The smallest absolute Gasteiger partial charge is 0.316 e. The zero-order chi connectivity index (χ0) is 27.7. The van der Waals surface area contributed by atoms with Crippen molar-refractivity contribution < 1.29 is 14.3 Å². The number of carbonyl (C=O) groups excluding carboxylic acids is 2. The number of nitroso groups, excluding NO2 is 1. The van der Waals surface area contributed by atoms with Gasteiger partial charge in [0.25, 0.3) is 5.91 Å². The van der Waals surface area contributed by atoms with Crippen molar-refractivity contribution in [3.8, 4) is 5.75 Å². The van der Waals surface area contributed by atoms with Gasteiger partial charge in [-0.05, 0) is 61.2 Å². The lowest BCUT2D eigenvalue weighted by Crippen LogP contribution is -2.36. The molecule has 1 aliphatic rings. The van der Waals surface area contributed by atoms with Crippen LogP contribution in [0.3, 0.4) is 0 Å². The van der Waals surface area contributed by atoms with E-state index in [-0.39, 0.29) is 17.2 Å². The lowest BCUT2D eigenvalue weighted by molar-refractivity contribution is 0.0997. The van der Waals surface area contributed by atoms with E-state index in [9.17, 15) is 14.5 Å². The number of piperidine rings is 1. The largest absolute Gasteiger partial charge is 0.493 e. The topological polar surface area (TPSA) is 139 Å². The van der Waals surface area contributed by atoms with Crippen LogP contribution in [0.5, 0.6) is 5.75 Å². The van der Waals surface area contributed by atoms with E-state index in [4.69, 9.17) is 4.74 Å². The Morgan fingerprint density at radius 1 is 0.925 bits per heavy atom. The van der Waals surface area contributed by atoms with Gasteiger partial charge in [-0.3, -0.25) is 9.59 Å². The molecule has 11 heteroatoms. The molecule has 1 aliphatic heterocycles. The number of amides is 2. The molecule has 0 bridgehead atoms. The molecule has 0 unspecified atom stereocenters. The number of pyridine rings is 1. The highest BCUT2D eigenvalue weighted by Gasteiger charge is 2.21. The molecule has 1 fully saturated rings. The maximum Gasteiger partial charge on any atom is 0.316 e. The Kier molecular flexibility index (Phi) is 8.30. The van der Waals surface area contributed by atoms with Crippen molar-refractivity contribution in [3.05, 3.63) is 101 Å². The number of para-hydroxylation sites is 1. The fraction of sp³-hybridized carbons (Fsp3) is 0.207. The number of ether oxygens (including phenoxy) is 1. The van der Waals surface area contributed by atoms with E-state index >= 15 is 0 Å². The van der Waals surface area contributed by atoms with Crippen molar-refractivity contribution in [1.82, 2.24) is 15.0 Å². The molecule has 0 atom stereocenters. The zero-order valence-electron chi connectivity index (χ0n) is 21.6. The first-order valence-corrected chi connectivity index (χ1v) is 12.8. The number of aromatic nitrogens is 3. The Morgan fingerprint density at radius 3 is 2.50 bits per heavy atom. The molecule has 4 aromatic rings. The van der Waals surface area contributed by atoms with Gasteiger partial charge in [-0.2, -0.15) is 0 Å². The van der Waals surface area contributed by atoms with Gasteiger partial charge in [0, 0.05) is 35.6 Å². The van der Waals surface area contributed by atoms with Crippen molar-refractivity contribution in [2.24, 2.45) is 11.1 Å². The number of nitrogens with zero attached hydrogens (tertiary/aromatic N) is 5. The summed E-state index contributed by atoms with van der Waals surface area (Å²) < 4.78 is 5.86. The van der Waals surface area contributed by atoms with Crippen LogP contribution in [0.25, 0.3) is 0 Å². The monoisotopic (exact) mass is 537 g/mol. The highest BCUT2D eigenvalue weighted by atomic mass is 16.5. The third-order valence-corrected chi connectivity index (χ3v) is 6.54. The van der Waals surface area contributed by atoms with E-state index in [1.54, 1.807) is 24.4 Å². The molecule has 0 radical (unpaired) electrons. The number of benzene rings is 2. The van der Waals surface area contributed by atoms with Gasteiger partial charge in [-0.1, -0.05) is 24.3 Å². The van der Waals surface area contributed by atoms with Crippen molar-refractivity contribution in [1.29, 1.82) is 0 Å². The minimum atomic E-state index is -0.809. The highest BCUT2D eigenvalue weighted by Crippen LogP contribution is 2.24. The summed E-state index contributed by atoms with van der Waals surface area (Å²) in [5.74, 6) is 1.09. The number of hydrogen-bond donors (Lipinski definition) is 2. The van der Waals surface area contributed by atoms with Crippen LogP contribution >= 0.6 is 0 Å². The molecule has 2 aromatic carbocycles. The standard InChI is InChI=1S/C29H27N7O4/c37-28(35-39)21-5-4-8-24(15-21)40-18-20-11-13-36(14-12-20)27-10-9-23(17-30-27)34-29(38)25-16-26(32-19-31-25)33-22-6-2-1-3-7-22/h1-10,15-17,19-20H,11-14,18H2,(H,34,38)(H,31,32,33). The van der Waals surface area contributed by atoms with E-state index in [2.05, 4.69) is 35.7 Å². The number of rotatable bonds is 9. The second-order valence-corrected chi connectivity index (χ2v) is 9.30. The summed E-state index contributed by atoms with van der Waals surface area (Å²) in [6.07, 6.45) is 4.82. The van der Waals surface area contributed by atoms with Gasteiger partial charge in [0.05, 0.1) is 18.5 Å². The van der Waals surface area contributed by atoms with Crippen LogP contribution in [0, 0.1) is 10.8 Å². The first-order chi connectivity index (χ1) is 19.6. The Labute approximate surface area is 230 Å². The van der Waals surface area contributed by atoms with Gasteiger partial charge in [0.1, 0.15) is 29.4 Å². The molecule has 2 aromatic heterocycles. The van der Waals surface area contributed by atoms with Gasteiger partial charge in [0.15, 0.2) is 0 Å². The summed E-state index contributed by atoms with van der Waals surface area (Å²) in [5, 5.41) is 8.44. The molecular weight excluding hydrogens is 510 g/mol. The van der Waals surface area contributed by atoms with Gasteiger partial charge in [0.2, 0.25) is 0 Å². The number of carbonyl (C=O) groups is 2. The van der Waals surface area contributed by atoms with E-state index in [1.807, 2.05) is 42.5 Å². The summed E-state index contributed by atoms with van der Waals surface area (Å²) >= 11 is 0. The molecule has 5 rings (SSSR count). The minimum absolute atomic E-state index is 0.217. The predicted octanol–water partition coefficient (Wildman–Crippen LogP) is 5.07. The molecular formula is C29H27N7O4. The van der Waals surface area contributed by atoms with Gasteiger partial charge in [-0.15, -0.1) is 4.91 Å². The van der Waals surface area contributed by atoms with Gasteiger partial charge in [-0.25, -0.2) is 15.0 Å². The fourth-order valence-electron chi connectivity index (χ4n) is 4.38. The molecule has 2 amide bonds. The van der Waals surface area contributed by atoms with Crippen LogP contribution in [0.1, 0.15) is 33.7 Å². The van der Waals surface area contributed by atoms with Crippen molar-refractivity contribution in [2.45, 2.75) is 12.8 Å². The average molecular weight is 538 g/mol. The molecule has 0 aliphatic carbocycles. The molecule has 1 saturated heterocycles. The lowest BCUT2D eigenvalue weighted by Gasteiger charge is -2.32. The molecule has 3 heterocycles. The Morgan fingerprint density at radius 2 is 1.75 bits per heavy atom. The van der Waals surface area contributed by atoms with Crippen LogP contribution in [-0.2, 0) is 0 Å². The molecule has 0 saturated carbocycles. The summed E-state index contributed by atoms with van der Waals surface area (Å²) in [6, 6.07) is 21.4. The highest BCUT2D eigenvalue weighted by molar-refractivity contribution is 6.03. The Bertz CT molecular complexity index is 1470. The predicted molar refractivity (Wildman–Crippen MR) is 151 cm³/mol. The fourth-order valence-corrected chi connectivity index (χ4v) is 4.38. The summed E-state index contributed by atoms with van der Waals surface area (Å²) in [6.45, 7) is 2.15. The second kappa shape index (κ2) is 12.6. The molecule has 40 heavy (non-hydrogen) atoms. The van der Waals surface area contributed by atoms with Crippen LogP contribution < -0.4 is 20.3 Å². The summed E-state index contributed by atoms with van der Waals surface area (Å²) in [7, 11) is 0. The normalized spacial score (nSPS) is 13.3. The quantitative estimate of drug-likeness (QED) is 0.280. The number of nitrogens with one attached hydrogen (secondary N) is 2. The van der Waals surface area contributed by atoms with Crippen LogP contribution in [-0.4, -0.2) is 46.5 Å². The van der Waals surface area contributed by atoms with Crippen molar-refractivity contribution >= 4 is 34.8 Å². The van der Waals surface area contributed by atoms with E-state index in [1.165, 1.54) is 18.5 Å². The second-order valence-electron chi connectivity index (χ2n) is 9.30.